The number of anilines is 2. The zero-order chi connectivity index (χ0) is 15.6. The molecule has 1 aromatic heterocycles. The third-order valence-electron chi connectivity index (χ3n) is 3.36. The summed E-state index contributed by atoms with van der Waals surface area (Å²) in [6.45, 7) is 6.14. The Hall–Kier alpha value is -1.60. The lowest BCUT2D eigenvalue weighted by molar-refractivity contribution is 0.0602. The molecule has 0 atom stereocenters. The van der Waals surface area contributed by atoms with Crippen molar-refractivity contribution in [1.82, 2.24) is 0 Å². The van der Waals surface area contributed by atoms with Gasteiger partial charge in [-0.05, 0) is 0 Å². The second-order valence-electron chi connectivity index (χ2n) is 5.13. The first-order valence-electron chi connectivity index (χ1n) is 6.84. The summed E-state index contributed by atoms with van der Waals surface area (Å²) in [6.07, 6.45) is 0. The van der Waals surface area contributed by atoms with E-state index in [0.29, 0.717) is 41.7 Å². The molecule has 1 aliphatic heterocycles. The average Bonchev–Trinajstić information content (AvgIpc) is 2.84. The molecule has 2 heterocycles. The second-order valence-corrected chi connectivity index (χ2v) is 6.13. The zero-order valence-electron chi connectivity index (χ0n) is 12.5. The molecule has 7 heteroatoms. The minimum atomic E-state index is -0.506. The Labute approximate surface area is 127 Å². The Morgan fingerprint density at radius 2 is 1.95 bits per heavy atom. The Morgan fingerprint density at radius 1 is 1.33 bits per heavy atom. The van der Waals surface area contributed by atoms with Crippen molar-refractivity contribution in [2.75, 3.05) is 44.0 Å². The van der Waals surface area contributed by atoms with Crippen LogP contribution in [0.4, 0.5) is 10.7 Å². The number of methoxy groups -OCH3 is 1. The van der Waals surface area contributed by atoms with Crippen LogP contribution in [0.15, 0.2) is 0 Å². The van der Waals surface area contributed by atoms with Crippen LogP contribution in [-0.2, 0) is 9.47 Å². The highest BCUT2D eigenvalue weighted by Gasteiger charge is 2.30. The Balaban J connectivity index is 2.49. The molecule has 21 heavy (non-hydrogen) atoms. The predicted octanol–water partition coefficient (Wildman–Crippen LogP) is 1.79. The molecule has 6 nitrogen and oxygen atoms in total. The number of carbonyl (C=O) groups is 2. The SMILES string of the molecule is COC(=O)c1c(N2CCOCC2)sc(C(=O)C(C)C)c1N. The van der Waals surface area contributed by atoms with E-state index in [9.17, 15) is 9.59 Å². The molecule has 0 saturated carbocycles. The van der Waals surface area contributed by atoms with Crippen LogP contribution in [0.1, 0.15) is 33.9 Å². The van der Waals surface area contributed by atoms with E-state index in [1.165, 1.54) is 18.4 Å². The largest absolute Gasteiger partial charge is 0.465 e. The Bertz CT molecular complexity index is 547. The molecule has 1 aliphatic rings. The van der Waals surface area contributed by atoms with Crippen LogP contribution < -0.4 is 10.6 Å². The number of rotatable bonds is 4. The maximum absolute atomic E-state index is 12.3. The van der Waals surface area contributed by atoms with Crippen molar-refractivity contribution in [2.24, 2.45) is 5.92 Å². The number of hydrogen-bond acceptors (Lipinski definition) is 7. The van der Waals surface area contributed by atoms with Crippen LogP contribution in [-0.4, -0.2) is 45.2 Å². The van der Waals surface area contributed by atoms with E-state index in [4.69, 9.17) is 15.2 Å². The van der Waals surface area contributed by atoms with Crippen LogP contribution in [0.25, 0.3) is 0 Å². The van der Waals surface area contributed by atoms with Gasteiger partial charge in [-0.3, -0.25) is 4.79 Å². The van der Waals surface area contributed by atoms with Crippen molar-refractivity contribution in [1.29, 1.82) is 0 Å². The van der Waals surface area contributed by atoms with Gasteiger partial charge in [0.1, 0.15) is 10.6 Å². The molecule has 1 fully saturated rings. The fraction of sp³-hybridized carbons (Fsp3) is 0.571. The summed E-state index contributed by atoms with van der Waals surface area (Å²) in [5.41, 5.74) is 6.59. The van der Waals surface area contributed by atoms with Gasteiger partial charge >= 0.3 is 5.97 Å². The summed E-state index contributed by atoms with van der Waals surface area (Å²) < 4.78 is 10.1. The molecule has 0 radical (unpaired) electrons. The van der Waals surface area contributed by atoms with E-state index >= 15 is 0 Å². The molecule has 1 aromatic rings. The quantitative estimate of drug-likeness (QED) is 0.674. The Kier molecular flexibility index (Phi) is 4.84. The predicted molar refractivity (Wildman–Crippen MR) is 82.3 cm³/mol. The molecule has 116 valence electrons. The number of Topliss-reactive ketones (excluding diaryl/α,β-unsaturated/α-hetero) is 1. The third-order valence-corrected chi connectivity index (χ3v) is 4.64. The van der Waals surface area contributed by atoms with Gasteiger partial charge in [0, 0.05) is 19.0 Å². The number of carbonyl (C=O) groups excluding carboxylic acids is 2. The molecule has 0 aromatic carbocycles. The summed E-state index contributed by atoms with van der Waals surface area (Å²) in [7, 11) is 1.31. The smallest absolute Gasteiger partial charge is 0.343 e. The van der Waals surface area contributed by atoms with Crippen molar-refractivity contribution in [3.63, 3.8) is 0 Å². The van der Waals surface area contributed by atoms with Crippen molar-refractivity contribution in [3.05, 3.63) is 10.4 Å². The number of nitrogen functional groups attached to an aromatic ring is 1. The van der Waals surface area contributed by atoms with Gasteiger partial charge in [-0.1, -0.05) is 13.8 Å². The lowest BCUT2D eigenvalue weighted by Gasteiger charge is -2.28. The number of esters is 1. The van der Waals surface area contributed by atoms with Crippen molar-refractivity contribution < 1.29 is 19.1 Å². The average molecular weight is 312 g/mol. The number of thiophene rings is 1. The first kappa shape index (κ1) is 15.8. The zero-order valence-corrected chi connectivity index (χ0v) is 13.3. The van der Waals surface area contributed by atoms with Gasteiger partial charge in [0.25, 0.3) is 0 Å². The molecular weight excluding hydrogens is 292 g/mol. The van der Waals surface area contributed by atoms with Gasteiger partial charge in [0.2, 0.25) is 0 Å². The van der Waals surface area contributed by atoms with Gasteiger partial charge in [-0.2, -0.15) is 0 Å². The van der Waals surface area contributed by atoms with E-state index in [0.717, 1.165) is 0 Å². The molecule has 1 saturated heterocycles. The molecule has 0 unspecified atom stereocenters. The van der Waals surface area contributed by atoms with Crippen molar-refractivity contribution >= 4 is 33.8 Å². The Morgan fingerprint density at radius 3 is 2.48 bits per heavy atom. The summed E-state index contributed by atoms with van der Waals surface area (Å²) >= 11 is 1.27. The van der Waals surface area contributed by atoms with E-state index < -0.39 is 5.97 Å². The van der Waals surface area contributed by atoms with Crippen LogP contribution in [0.5, 0.6) is 0 Å². The van der Waals surface area contributed by atoms with E-state index in [1.807, 2.05) is 18.7 Å². The van der Waals surface area contributed by atoms with E-state index in [-0.39, 0.29) is 17.4 Å². The van der Waals surface area contributed by atoms with Gasteiger partial charge in [-0.15, -0.1) is 11.3 Å². The van der Waals surface area contributed by atoms with Gasteiger partial charge in [0.15, 0.2) is 5.78 Å². The van der Waals surface area contributed by atoms with Crippen LogP contribution in [0.3, 0.4) is 0 Å². The van der Waals surface area contributed by atoms with Crippen LogP contribution >= 0.6 is 11.3 Å². The second kappa shape index (κ2) is 6.44. The summed E-state index contributed by atoms with van der Waals surface area (Å²) in [5.74, 6) is -0.732. The monoisotopic (exact) mass is 312 g/mol. The number of hydrogen-bond donors (Lipinski definition) is 1. The minimum absolute atomic E-state index is 0.0536. The number of ether oxygens (including phenoxy) is 2. The molecule has 0 aliphatic carbocycles. The normalized spacial score (nSPS) is 15.3. The van der Waals surface area contributed by atoms with Gasteiger partial charge in [0.05, 0.1) is 30.9 Å². The maximum Gasteiger partial charge on any atom is 0.343 e. The number of morpholine rings is 1. The molecule has 2 N–H and O–H groups in total. The lowest BCUT2D eigenvalue weighted by Crippen LogP contribution is -2.36. The van der Waals surface area contributed by atoms with Crippen molar-refractivity contribution in [2.45, 2.75) is 13.8 Å². The summed E-state index contributed by atoms with van der Waals surface area (Å²) in [5, 5.41) is 0.701. The molecular formula is C14H20N2O4S. The van der Waals surface area contributed by atoms with E-state index in [2.05, 4.69) is 0 Å². The molecule has 2 rings (SSSR count). The van der Waals surface area contributed by atoms with Gasteiger partial charge < -0.3 is 20.1 Å². The summed E-state index contributed by atoms with van der Waals surface area (Å²) in [6, 6.07) is 0. The third kappa shape index (κ3) is 3.03. The summed E-state index contributed by atoms with van der Waals surface area (Å²) in [4.78, 5) is 26.8. The fourth-order valence-electron chi connectivity index (χ4n) is 2.17. The lowest BCUT2D eigenvalue weighted by atomic mass is 10.1. The number of ketones is 1. The van der Waals surface area contributed by atoms with Gasteiger partial charge in [-0.25, -0.2) is 4.79 Å². The number of nitrogens with zero attached hydrogens (tertiary/aromatic N) is 1. The standard InChI is InChI=1S/C14H20N2O4S/c1-8(2)11(17)12-10(15)9(14(18)19-3)13(21-12)16-4-6-20-7-5-16/h8H,4-7,15H2,1-3H3. The maximum atomic E-state index is 12.3. The van der Waals surface area contributed by atoms with E-state index in [1.54, 1.807) is 0 Å². The van der Waals surface area contributed by atoms with Crippen molar-refractivity contribution in [3.8, 4) is 0 Å². The topological polar surface area (TPSA) is 81.9 Å². The first-order chi connectivity index (χ1) is 9.97. The molecule has 0 spiro atoms. The molecule has 0 bridgehead atoms. The minimum Gasteiger partial charge on any atom is -0.465 e. The highest BCUT2D eigenvalue weighted by atomic mass is 32.1. The highest BCUT2D eigenvalue weighted by molar-refractivity contribution is 7.19. The molecule has 0 amide bonds. The fourth-order valence-corrected chi connectivity index (χ4v) is 3.51. The van der Waals surface area contributed by atoms with Crippen LogP contribution in [0.2, 0.25) is 0 Å². The number of nitrogens with two attached hydrogens (primary N) is 1. The van der Waals surface area contributed by atoms with Crippen LogP contribution in [0, 0.1) is 5.92 Å². The highest BCUT2D eigenvalue weighted by Crippen LogP contribution is 2.40. The first-order valence-corrected chi connectivity index (χ1v) is 7.66.